The Morgan fingerprint density at radius 2 is 1.86 bits per heavy atom. The van der Waals surface area contributed by atoms with Crippen LogP contribution >= 0.6 is 0 Å². The van der Waals surface area contributed by atoms with Crippen LogP contribution in [0.4, 0.5) is 0 Å². The lowest BCUT2D eigenvalue weighted by Crippen LogP contribution is -2.25. The summed E-state index contributed by atoms with van der Waals surface area (Å²) >= 11 is 0. The summed E-state index contributed by atoms with van der Waals surface area (Å²) in [6.45, 7) is 3.17. The molecule has 0 aliphatic carbocycles. The Kier molecular flexibility index (Phi) is 2.33. The predicted molar refractivity (Wildman–Crippen MR) is 51.3 cm³/mol. The van der Waals surface area contributed by atoms with Gasteiger partial charge in [0.1, 0.15) is 5.56 Å². The summed E-state index contributed by atoms with van der Waals surface area (Å²) < 4.78 is 1.00. The van der Waals surface area contributed by atoms with Gasteiger partial charge in [0.2, 0.25) is 5.88 Å². The maximum absolute atomic E-state index is 11.4. The Hall–Kier alpha value is -1.78. The highest BCUT2D eigenvalue weighted by molar-refractivity contribution is 5.96. The number of carbonyl (C=O) groups excluding carboxylic acids is 1. The highest BCUT2D eigenvalue weighted by Gasteiger charge is 2.17. The van der Waals surface area contributed by atoms with E-state index >= 15 is 0 Å². The smallest absolute Gasteiger partial charge is 0.256 e. The minimum atomic E-state index is -0.737. The molecule has 14 heavy (non-hydrogen) atoms. The highest BCUT2D eigenvalue weighted by Crippen LogP contribution is 2.19. The molecule has 0 aliphatic heterocycles. The van der Waals surface area contributed by atoms with Gasteiger partial charge >= 0.3 is 0 Å². The van der Waals surface area contributed by atoms with Crippen LogP contribution in [-0.2, 0) is 7.05 Å². The summed E-state index contributed by atoms with van der Waals surface area (Å²) in [5, 5.41) is 9.52. The molecule has 5 heteroatoms. The van der Waals surface area contributed by atoms with Gasteiger partial charge in [-0.05, 0) is 19.4 Å². The van der Waals surface area contributed by atoms with E-state index in [9.17, 15) is 14.7 Å². The fraction of sp³-hybridized carbons (Fsp3) is 0.333. The van der Waals surface area contributed by atoms with E-state index in [0.717, 1.165) is 4.57 Å². The normalized spacial score (nSPS) is 10.2. The molecule has 0 fully saturated rings. The third kappa shape index (κ3) is 1.26. The molecular weight excluding hydrogens is 184 g/mol. The lowest BCUT2D eigenvalue weighted by Gasteiger charge is -2.11. The molecule has 1 heterocycles. The number of hydrogen-bond donors (Lipinski definition) is 2. The molecule has 0 atom stereocenters. The highest BCUT2D eigenvalue weighted by atomic mass is 16.3. The molecule has 0 bridgehead atoms. The van der Waals surface area contributed by atoms with Crippen LogP contribution in [0.2, 0.25) is 0 Å². The molecule has 1 rings (SSSR count). The molecule has 0 saturated carbocycles. The monoisotopic (exact) mass is 196 g/mol. The lowest BCUT2D eigenvalue weighted by molar-refractivity contribution is 0.0995. The number of amides is 1. The molecule has 0 unspecified atom stereocenters. The molecule has 3 N–H and O–H groups in total. The fourth-order valence-corrected chi connectivity index (χ4v) is 1.33. The van der Waals surface area contributed by atoms with Crippen LogP contribution in [0.25, 0.3) is 0 Å². The zero-order valence-electron chi connectivity index (χ0n) is 8.29. The second kappa shape index (κ2) is 3.17. The van der Waals surface area contributed by atoms with Crippen LogP contribution in [0.3, 0.4) is 0 Å². The van der Waals surface area contributed by atoms with E-state index in [1.807, 2.05) is 0 Å². The number of aromatic hydroxyl groups is 1. The summed E-state index contributed by atoms with van der Waals surface area (Å²) in [7, 11) is 1.39. The van der Waals surface area contributed by atoms with Gasteiger partial charge < -0.3 is 10.8 Å². The Morgan fingerprint density at radius 3 is 2.29 bits per heavy atom. The van der Waals surface area contributed by atoms with Gasteiger partial charge in [-0.1, -0.05) is 0 Å². The van der Waals surface area contributed by atoms with Crippen molar-refractivity contribution in [3.8, 4) is 5.88 Å². The van der Waals surface area contributed by atoms with Crippen LogP contribution in [0, 0.1) is 13.8 Å². The van der Waals surface area contributed by atoms with Crippen LogP contribution < -0.4 is 11.3 Å². The zero-order chi connectivity index (χ0) is 11.0. The molecule has 1 aromatic rings. The number of nitrogens with two attached hydrogens (primary N) is 1. The molecule has 1 aromatic heterocycles. The van der Waals surface area contributed by atoms with Crippen LogP contribution in [0.5, 0.6) is 5.88 Å². The Labute approximate surface area is 80.8 Å². The van der Waals surface area contributed by atoms with Crippen molar-refractivity contribution in [2.75, 3.05) is 0 Å². The molecule has 0 aliphatic rings. The zero-order valence-corrected chi connectivity index (χ0v) is 8.29. The summed E-state index contributed by atoms with van der Waals surface area (Å²) in [5.74, 6) is -1.12. The van der Waals surface area contributed by atoms with Crippen molar-refractivity contribution in [1.82, 2.24) is 4.57 Å². The molecule has 0 aromatic carbocycles. The minimum Gasteiger partial charge on any atom is -0.494 e. The van der Waals surface area contributed by atoms with Gasteiger partial charge in [0.15, 0.2) is 0 Å². The first kappa shape index (κ1) is 10.3. The maximum Gasteiger partial charge on any atom is 0.256 e. The van der Waals surface area contributed by atoms with Gasteiger partial charge in [-0.2, -0.15) is 0 Å². The van der Waals surface area contributed by atoms with Crippen LogP contribution in [0.1, 0.15) is 21.5 Å². The number of nitrogens with zero attached hydrogens (tertiary/aromatic N) is 1. The minimum absolute atomic E-state index is 0.00426. The quantitative estimate of drug-likeness (QED) is 0.652. The third-order valence-corrected chi connectivity index (χ3v) is 2.35. The average Bonchev–Trinajstić information content (AvgIpc) is 2.11. The van der Waals surface area contributed by atoms with Gasteiger partial charge in [0.05, 0.1) is 0 Å². The van der Waals surface area contributed by atoms with Gasteiger partial charge in [0, 0.05) is 12.6 Å². The number of hydrogen-bond acceptors (Lipinski definition) is 3. The van der Waals surface area contributed by atoms with Gasteiger partial charge in [0.25, 0.3) is 11.5 Å². The molecule has 1 amide bonds. The van der Waals surface area contributed by atoms with Crippen LogP contribution in [-0.4, -0.2) is 15.6 Å². The maximum atomic E-state index is 11.4. The fourth-order valence-electron chi connectivity index (χ4n) is 1.33. The van der Waals surface area contributed by atoms with Crippen molar-refractivity contribution in [1.29, 1.82) is 0 Å². The number of rotatable bonds is 1. The Morgan fingerprint density at radius 1 is 1.36 bits per heavy atom. The van der Waals surface area contributed by atoms with Crippen molar-refractivity contribution < 1.29 is 9.90 Å². The average molecular weight is 196 g/mol. The van der Waals surface area contributed by atoms with E-state index in [2.05, 4.69) is 0 Å². The Bertz CT molecular complexity index is 428. The van der Waals surface area contributed by atoms with Gasteiger partial charge in [-0.15, -0.1) is 0 Å². The largest absolute Gasteiger partial charge is 0.494 e. The SMILES string of the molecule is Cc1c(C(N)=O)c(O)n(C)c(=O)c1C. The predicted octanol–water partition coefficient (Wildman–Crippen LogP) is -0.193. The lowest BCUT2D eigenvalue weighted by atomic mass is 10.1. The van der Waals surface area contributed by atoms with Gasteiger partial charge in [-0.25, -0.2) is 0 Å². The number of carbonyl (C=O) groups is 1. The first-order chi connectivity index (χ1) is 6.37. The van der Waals surface area contributed by atoms with Crippen molar-refractivity contribution in [2.45, 2.75) is 13.8 Å². The van der Waals surface area contributed by atoms with E-state index in [1.54, 1.807) is 13.8 Å². The second-order valence-electron chi connectivity index (χ2n) is 3.18. The summed E-state index contributed by atoms with van der Waals surface area (Å²) in [6, 6.07) is 0. The van der Waals surface area contributed by atoms with Gasteiger partial charge in [-0.3, -0.25) is 14.2 Å². The molecule has 76 valence electrons. The summed E-state index contributed by atoms with van der Waals surface area (Å²) in [6.07, 6.45) is 0. The van der Waals surface area contributed by atoms with Crippen molar-refractivity contribution in [3.63, 3.8) is 0 Å². The van der Waals surface area contributed by atoms with E-state index in [-0.39, 0.29) is 17.0 Å². The van der Waals surface area contributed by atoms with Crippen molar-refractivity contribution in [3.05, 3.63) is 27.0 Å². The molecular formula is C9H12N2O3. The molecule has 0 spiro atoms. The van der Waals surface area contributed by atoms with E-state index in [4.69, 9.17) is 5.73 Å². The van der Waals surface area contributed by atoms with E-state index < -0.39 is 5.91 Å². The molecule has 5 nitrogen and oxygen atoms in total. The number of aromatic nitrogens is 1. The molecule has 0 radical (unpaired) electrons. The summed E-state index contributed by atoms with van der Waals surface area (Å²) in [4.78, 5) is 22.4. The Balaban J connectivity index is 3.78. The second-order valence-corrected chi connectivity index (χ2v) is 3.18. The molecule has 0 saturated heterocycles. The third-order valence-electron chi connectivity index (χ3n) is 2.35. The first-order valence-electron chi connectivity index (χ1n) is 4.06. The van der Waals surface area contributed by atoms with Crippen molar-refractivity contribution in [2.24, 2.45) is 12.8 Å². The topological polar surface area (TPSA) is 85.3 Å². The number of primary amides is 1. The van der Waals surface area contributed by atoms with E-state index in [0.29, 0.717) is 11.1 Å². The number of pyridine rings is 1. The van der Waals surface area contributed by atoms with Crippen molar-refractivity contribution >= 4 is 5.91 Å². The van der Waals surface area contributed by atoms with Crippen LogP contribution in [0.15, 0.2) is 4.79 Å². The standard InChI is InChI=1S/C9H12N2O3/c1-4-5(2)8(13)11(3)9(14)6(4)7(10)12/h14H,1-3H3,(H2,10,12). The first-order valence-corrected chi connectivity index (χ1v) is 4.06. The summed E-state index contributed by atoms with van der Waals surface area (Å²) in [5.41, 5.74) is 5.61. The van der Waals surface area contributed by atoms with E-state index in [1.165, 1.54) is 7.05 Å².